The molecular weight excluding hydrogens is 769 g/mol. The van der Waals surface area contributed by atoms with Gasteiger partial charge in [0.2, 0.25) is 9.84 Å². The number of hydrogen-bond donors (Lipinski definition) is 1. The van der Waals surface area contributed by atoms with E-state index in [1.807, 2.05) is 36.4 Å². The summed E-state index contributed by atoms with van der Waals surface area (Å²) < 4.78 is 33.2. The molecule has 0 aliphatic heterocycles. The van der Waals surface area contributed by atoms with Crippen molar-refractivity contribution in [2.75, 3.05) is 0 Å². The molecule has 5 heteroatoms. The van der Waals surface area contributed by atoms with Gasteiger partial charge in [0, 0.05) is 0 Å². The van der Waals surface area contributed by atoms with Crippen molar-refractivity contribution in [3.05, 3.63) is 200 Å². The van der Waals surface area contributed by atoms with Crippen molar-refractivity contribution in [3.63, 3.8) is 0 Å². The van der Waals surface area contributed by atoms with Crippen LogP contribution in [0.4, 0.5) is 0 Å². The molecule has 0 saturated heterocycles. The summed E-state index contributed by atoms with van der Waals surface area (Å²) in [5.74, 6) is 1.44. The molecule has 10 aromatic carbocycles. The lowest BCUT2D eigenvalue weighted by atomic mass is 9.81. The highest BCUT2D eigenvalue weighted by Crippen LogP contribution is 2.50. The average molecular weight is 811 g/mol. The van der Waals surface area contributed by atoms with Crippen LogP contribution in [-0.4, -0.2) is 13.5 Å². The maximum absolute atomic E-state index is 13.5. The molecule has 0 unspecified atom stereocenters. The summed E-state index contributed by atoms with van der Waals surface area (Å²) in [4.78, 5) is 0.484. The van der Waals surface area contributed by atoms with E-state index in [1.54, 1.807) is 48.5 Å². The Hall–Kier alpha value is -7.21. The third kappa shape index (κ3) is 6.68. The summed E-state index contributed by atoms with van der Waals surface area (Å²) in [5, 5.41) is 19.4. The maximum Gasteiger partial charge on any atom is 0.206 e. The third-order valence-corrected chi connectivity index (χ3v) is 13.6. The van der Waals surface area contributed by atoms with Crippen LogP contribution in [0.25, 0.3) is 76.5 Å². The Morgan fingerprint density at radius 3 is 1.02 bits per heavy atom. The van der Waals surface area contributed by atoms with Gasteiger partial charge in [0.1, 0.15) is 17.2 Å². The van der Waals surface area contributed by atoms with Crippen LogP contribution in [-0.2, 0) is 15.3 Å². The van der Waals surface area contributed by atoms with Crippen LogP contribution in [0.5, 0.6) is 17.2 Å². The number of phenols is 1. The van der Waals surface area contributed by atoms with Crippen molar-refractivity contribution in [3.8, 4) is 50.6 Å². The zero-order valence-corrected chi connectivity index (χ0v) is 34.9. The van der Waals surface area contributed by atoms with Gasteiger partial charge in [-0.3, -0.25) is 0 Å². The molecule has 296 valence electrons. The minimum atomic E-state index is -3.68. The summed E-state index contributed by atoms with van der Waals surface area (Å²) in [6.07, 6.45) is 0. The first-order valence-corrected chi connectivity index (χ1v) is 22.0. The van der Waals surface area contributed by atoms with Gasteiger partial charge in [-0.25, -0.2) is 8.42 Å². The minimum absolute atomic E-state index is 0.0674. The molecule has 4 nitrogen and oxygen atoms in total. The Kier molecular flexibility index (Phi) is 9.23. The topological polar surface area (TPSA) is 63.6 Å². The number of aromatic hydroxyl groups is 1. The average Bonchev–Trinajstić information content (AvgIpc) is 3.28. The lowest BCUT2D eigenvalue weighted by Gasteiger charge is -2.22. The van der Waals surface area contributed by atoms with Crippen molar-refractivity contribution in [2.24, 2.45) is 0 Å². The molecule has 61 heavy (non-hydrogen) atoms. The molecule has 0 fully saturated rings. The molecule has 1 N–H and O–H groups in total. The quantitative estimate of drug-likeness (QED) is 0.163. The Balaban J connectivity index is 1.05. The Morgan fingerprint density at radius 1 is 0.377 bits per heavy atom. The molecule has 0 aliphatic rings. The Bertz CT molecular complexity index is 3290. The van der Waals surface area contributed by atoms with Gasteiger partial charge in [-0.1, -0.05) is 154 Å². The zero-order chi connectivity index (χ0) is 41.9. The van der Waals surface area contributed by atoms with Crippen LogP contribution in [0, 0.1) is 0 Å². The first kappa shape index (κ1) is 38.0. The van der Waals surface area contributed by atoms with Crippen LogP contribution in [0.2, 0.25) is 0 Å². The highest BCUT2D eigenvalue weighted by molar-refractivity contribution is 7.91. The van der Waals surface area contributed by atoms with E-state index in [0.717, 1.165) is 70.9 Å². The van der Waals surface area contributed by atoms with Crippen LogP contribution in [0.1, 0.15) is 26.3 Å². The lowest BCUT2D eigenvalue weighted by molar-refractivity contribution is 0.475. The molecular formula is C56H42O4S. The van der Waals surface area contributed by atoms with E-state index >= 15 is 0 Å². The molecule has 0 saturated carbocycles. The van der Waals surface area contributed by atoms with Crippen molar-refractivity contribution in [2.45, 2.75) is 36.0 Å². The predicted octanol–water partition coefficient (Wildman–Crippen LogP) is 14.9. The molecule has 0 atom stereocenters. The highest BCUT2D eigenvalue weighted by Gasteiger charge is 2.23. The van der Waals surface area contributed by atoms with E-state index in [-0.39, 0.29) is 21.0 Å². The fourth-order valence-electron chi connectivity index (χ4n) is 8.83. The molecule has 0 radical (unpaired) electrons. The zero-order valence-electron chi connectivity index (χ0n) is 34.1. The highest BCUT2D eigenvalue weighted by atomic mass is 32.2. The SMILES string of the molecule is CC(C)(C)c1ccc(S(=O)(=O)c2ccc(Oc3ccc(-c4c5ccccc5c(-c5c6ccccc6c(-c6ccc(O)cc6)c6ccccc56)c5ccccc45)cc3)cc2)cc1. The van der Waals surface area contributed by atoms with E-state index < -0.39 is 9.84 Å². The molecule has 10 rings (SSSR count). The van der Waals surface area contributed by atoms with E-state index in [4.69, 9.17) is 4.74 Å². The second-order valence-corrected chi connectivity index (χ2v) is 18.6. The van der Waals surface area contributed by atoms with Gasteiger partial charge in [-0.05, 0) is 148 Å². The van der Waals surface area contributed by atoms with Crippen LogP contribution >= 0.6 is 0 Å². The largest absolute Gasteiger partial charge is 0.508 e. The van der Waals surface area contributed by atoms with Gasteiger partial charge < -0.3 is 9.84 Å². The van der Waals surface area contributed by atoms with Crippen molar-refractivity contribution >= 4 is 52.9 Å². The van der Waals surface area contributed by atoms with Crippen molar-refractivity contribution in [1.29, 1.82) is 0 Å². The first-order chi connectivity index (χ1) is 29.6. The number of phenolic OH excluding ortho intramolecular Hbond substituents is 1. The molecule has 0 heterocycles. The number of sulfone groups is 1. The second kappa shape index (κ2) is 14.8. The van der Waals surface area contributed by atoms with Gasteiger partial charge in [0.05, 0.1) is 9.79 Å². The summed E-state index contributed by atoms with van der Waals surface area (Å²) in [7, 11) is -3.68. The number of hydrogen-bond acceptors (Lipinski definition) is 4. The third-order valence-electron chi connectivity index (χ3n) is 11.8. The summed E-state index contributed by atoms with van der Waals surface area (Å²) in [6, 6.07) is 64.1. The normalized spacial score (nSPS) is 12.0. The maximum atomic E-state index is 13.5. The van der Waals surface area contributed by atoms with E-state index in [0.29, 0.717) is 11.5 Å². The van der Waals surface area contributed by atoms with E-state index in [9.17, 15) is 13.5 Å². The fraction of sp³-hybridized carbons (Fsp3) is 0.0714. The Morgan fingerprint density at radius 2 is 0.672 bits per heavy atom. The standard InChI is InChI=1S/C56H42O4S/c1-56(2,3)38-24-32-42(33-25-38)61(58,59)43-34-30-41(31-35-43)60-40-28-22-37(23-29-40)53-46-14-6-10-18-50(46)55(51-19-11-7-15-47(51)53)54-48-16-8-4-12-44(48)52(36-20-26-39(57)27-21-36)45-13-5-9-17-49(45)54/h4-35,57H,1-3H3. The van der Waals surface area contributed by atoms with E-state index in [1.165, 1.54) is 11.1 Å². The first-order valence-electron chi connectivity index (χ1n) is 20.5. The summed E-state index contributed by atoms with van der Waals surface area (Å²) in [5.41, 5.74) is 7.78. The molecule has 0 amide bonds. The molecule has 0 bridgehead atoms. The predicted molar refractivity (Wildman–Crippen MR) is 252 cm³/mol. The number of benzene rings is 10. The van der Waals surface area contributed by atoms with Crippen molar-refractivity contribution < 1.29 is 18.3 Å². The molecule has 0 aromatic heterocycles. The van der Waals surface area contributed by atoms with Gasteiger partial charge in [-0.2, -0.15) is 0 Å². The van der Waals surface area contributed by atoms with Crippen LogP contribution in [0.3, 0.4) is 0 Å². The molecule has 10 aromatic rings. The molecule has 0 spiro atoms. The molecule has 0 aliphatic carbocycles. The van der Waals surface area contributed by atoms with Gasteiger partial charge >= 0.3 is 0 Å². The second-order valence-electron chi connectivity index (χ2n) is 16.6. The fourth-order valence-corrected chi connectivity index (χ4v) is 10.1. The number of fused-ring (bicyclic) bond motifs is 4. The van der Waals surface area contributed by atoms with E-state index in [2.05, 4.69) is 130 Å². The monoisotopic (exact) mass is 810 g/mol. The van der Waals surface area contributed by atoms with Crippen molar-refractivity contribution in [1.82, 2.24) is 0 Å². The summed E-state index contributed by atoms with van der Waals surface area (Å²) in [6.45, 7) is 6.32. The van der Waals surface area contributed by atoms with Gasteiger partial charge in [0.25, 0.3) is 0 Å². The number of ether oxygens (including phenoxy) is 1. The number of rotatable bonds is 7. The summed E-state index contributed by atoms with van der Waals surface area (Å²) >= 11 is 0. The van der Waals surface area contributed by atoms with Crippen LogP contribution in [0.15, 0.2) is 204 Å². The van der Waals surface area contributed by atoms with Crippen LogP contribution < -0.4 is 4.74 Å². The van der Waals surface area contributed by atoms with Gasteiger partial charge in [0.15, 0.2) is 0 Å². The van der Waals surface area contributed by atoms with Gasteiger partial charge in [-0.15, -0.1) is 0 Å². The smallest absolute Gasteiger partial charge is 0.206 e. The Labute approximate surface area is 355 Å². The lowest BCUT2D eigenvalue weighted by Crippen LogP contribution is -2.11. The minimum Gasteiger partial charge on any atom is -0.508 e.